The van der Waals surface area contributed by atoms with E-state index in [0.29, 0.717) is 22.2 Å². The number of hydrogen-bond acceptors (Lipinski definition) is 5. The lowest BCUT2D eigenvalue weighted by atomic mass is 10.0. The van der Waals surface area contributed by atoms with Gasteiger partial charge in [0.15, 0.2) is 16.6 Å². The van der Waals surface area contributed by atoms with Crippen molar-refractivity contribution in [2.75, 3.05) is 19.5 Å². The number of rotatable bonds is 8. The van der Waals surface area contributed by atoms with Gasteiger partial charge in [-0.15, -0.1) is 11.3 Å². The molecule has 6 heteroatoms. The molecule has 0 spiro atoms. The van der Waals surface area contributed by atoms with Crippen molar-refractivity contribution in [3.8, 4) is 33.9 Å². The van der Waals surface area contributed by atoms with Gasteiger partial charge in [-0.05, 0) is 35.7 Å². The number of nitrogens with zero attached hydrogens (tertiary/aromatic N) is 1. The van der Waals surface area contributed by atoms with Crippen molar-refractivity contribution in [1.29, 1.82) is 0 Å². The number of benzene rings is 3. The van der Waals surface area contributed by atoms with Gasteiger partial charge >= 0.3 is 0 Å². The maximum Gasteiger partial charge on any atom is 0.257 e. The Kier molecular flexibility index (Phi) is 7.05. The Morgan fingerprint density at radius 3 is 2.21 bits per heavy atom. The summed E-state index contributed by atoms with van der Waals surface area (Å²) in [4.78, 5) is 18.8. The van der Waals surface area contributed by atoms with Gasteiger partial charge in [0, 0.05) is 16.0 Å². The predicted molar refractivity (Wildman–Crippen MR) is 134 cm³/mol. The zero-order chi connectivity index (χ0) is 23.2. The number of hydrogen-bond donors (Lipinski definition) is 1. The molecule has 0 atom stereocenters. The van der Waals surface area contributed by atoms with E-state index < -0.39 is 0 Å². The Hall–Kier alpha value is -3.64. The van der Waals surface area contributed by atoms with Gasteiger partial charge in [-0.2, -0.15) is 0 Å². The lowest BCUT2D eigenvalue weighted by Gasteiger charge is -2.09. The third kappa shape index (κ3) is 5.07. The summed E-state index contributed by atoms with van der Waals surface area (Å²) in [5.41, 5.74) is 4.78. The van der Waals surface area contributed by atoms with Crippen molar-refractivity contribution in [3.63, 3.8) is 0 Å². The van der Waals surface area contributed by atoms with E-state index in [-0.39, 0.29) is 5.91 Å². The largest absolute Gasteiger partial charge is 0.493 e. The first kappa shape index (κ1) is 22.6. The second-order valence-electron chi connectivity index (χ2n) is 7.51. The minimum absolute atomic E-state index is 0.237. The molecule has 0 saturated heterocycles. The molecule has 4 aromatic rings. The van der Waals surface area contributed by atoms with Crippen molar-refractivity contribution in [3.05, 3.63) is 83.2 Å². The van der Waals surface area contributed by atoms with Gasteiger partial charge in [0.2, 0.25) is 0 Å². The monoisotopic (exact) mass is 458 g/mol. The maximum atomic E-state index is 12.9. The van der Waals surface area contributed by atoms with Crippen molar-refractivity contribution in [2.45, 2.75) is 19.8 Å². The first-order valence-corrected chi connectivity index (χ1v) is 11.6. The number of methoxy groups -OCH3 is 2. The highest BCUT2D eigenvalue weighted by Crippen LogP contribution is 2.34. The van der Waals surface area contributed by atoms with Crippen LogP contribution in [-0.2, 0) is 6.42 Å². The van der Waals surface area contributed by atoms with Crippen LogP contribution in [0.3, 0.4) is 0 Å². The summed E-state index contributed by atoms with van der Waals surface area (Å²) >= 11 is 1.52. The third-order valence-corrected chi connectivity index (χ3v) is 6.34. The number of ether oxygens (including phenoxy) is 2. The van der Waals surface area contributed by atoms with Crippen LogP contribution in [-0.4, -0.2) is 25.1 Å². The van der Waals surface area contributed by atoms with E-state index in [1.807, 2.05) is 18.2 Å². The van der Waals surface area contributed by atoms with Crippen molar-refractivity contribution < 1.29 is 14.3 Å². The van der Waals surface area contributed by atoms with Gasteiger partial charge in [0.25, 0.3) is 5.91 Å². The van der Waals surface area contributed by atoms with Gasteiger partial charge in [0.1, 0.15) is 0 Å². The molecule has 1 heterocycles. The summed E-state index contributed by atoms with van der Waals surface area (Å²) in [5.74, 6) is 0.851. The van der Waals surface area contributed by atoms with Crippen LogP contribution in [0.2, 0.25) is 0 Å². The molecule has 1 N–H and O–H groups in total. The molecule has 4 rings (SSSR count). The standard InChI is InChI=1S/C27H26N2O3S/c1-4-8-24-25(20-13-11-19(12-14-20)18-9-6-5-7-10-18)28-27(33-24)29-26(30)21-15-16-22(31-2)23(17-21)32-3/h5-7,9-17H,4,8H2,1-3H3,(H,28,29,30). The Bertz CT molecular complexity index is 1230. The molecule has 1 amide bonds. The fourth-order valence-corrected chi connectivity index (χ4v) is 4.71. The topological polar surface area (TPSA) is 60.5 Å². The molecule has 0 aliphatic carbocycles. The average Bonchev–Trinajstić information content (AvgIpc) is 3.26. The molecule has 0 unspecified atom stereocenters. The molecule has 0 radical (unpaired) electrons. The number of aromatic nitrogens is 1. The third-order valence-electron chi connectivity index (χ3n) is 5.31. The van der Waals surface area contributed by atoms with E-state index in [1.165, 1.54) is 16.9 Å². The van der Waals surface area contributed by atoms with Gasteiger partial charge in [-0.1, -0.05) is 67.9 Å². The lowest BCUT2D eigenvalue weighted by molar-refractivity contribution is 0.102. The molecule has 3 aromatic carbocycles. The highest BCUT2D eigenvalue weighted by molar-refractivity contribution is 7.16. The first-order valence-electron chi connectivity index (χ1n) is 10.8. The van der Waals surface area contributed by atoms with Crippen LogP contribution in [0.1, 0.15) is 28.6 Å². The molecule has 168 valence electrons. The number of thiazole rings is 1. The van der Waals surface area contributed by atoms with Crippen LogP contribution < -0.4 is 14.8 Å². The molecule has 0 saturated carbocycles. The Balaban J connectivity index is 1.58. The summed E-state index contributed by atoms with van der Waals surface area (Å²) in [5, 5.41) is 3.53. The van der Waals surface area contributed by atoms with E-state index in [2.05, 4.69) is 48.6 Å². The van der Waals surface area contributed by atoms with Crippen molar-refractivity contribution >= 4 is 22.4 Å². The zero-order valence-electron chi connectivity index (χ0n) is 18.9. The second-order valence-corrected chi connectivity index (χ2v) is 8.59. The molecule has 0 bridgehead atoms. The molecule has 0 aliphatic rings. The van der Waals surface area contributed by atoms with E-state index in [0.717, 1.165) is 34.5 Å². The lowest BCUT2D eigenvalue weighted by Crippen LogP contribution is -2.12. The average molecular weight is 459 g/mol. The van der Waals surface area contributed by atoms with Crippen molar-refractivity contribution in [1.82, 2.24) is 4.98 Å². The van der Waals surface area contributed by atoms with Gasteiger partial charge in [-0.25, -0.2) is 4.98 Å². The van der Waals surface area contributed by atoms with E-state index in [1.54, 1.807) is 32.4 Å². The van der Waals surface area contributed by atoms with E-state index in [4.69, 9.17) is 14.5 Å². The highest BCUT2D eigenvalue weighted by atomic mass is 32.1. The smallest absolute Gasteiger partial charge is 0.257 e. The number of carbonyl (C=O) groups excluding carboxylic acids is 1. The molecular weight excluding hydrogens is 432 g/mol. The molecule has 5 nitrogen and oxygen atoms in total. The quantitative estimate of drug-likeness (QED) is 0.319. The Morgan fingerprint density at radius 1 is 0.879 bits per heavy atom. The van der Waals surface area contributed by atoms with Gasteiger partial charge in [0.05, 0.1) is 19.9 Å². The minimum atomic E-state index is -0.237. The zero-order valence-corrected chi connectivity index (χ0v) is 19.7. The molecular formula is C27H26N2O3S. The minimum Gasteiger partial charge on any atom is -0.493 e. The summed E-state index contributed by atoms with van der Waals surface area (Å²) in [7, 11) is 3.11. The highest BCUT2D eigenvalue weighted by Gasteiger charge is 2.17. The number of aryl methyl sites for hydroxylation is 1. The number of amides is 1. The molecule has 1 aromatic heterocycles. The fraction of sp³-hybridized carbons (Fsp3) is 0.185. The molecule has 0 aliphatic heterocycles. The normalized spacial score (nSPS) is 10.6. The molecule has 0 fully saturated rings. The van der Waals surface area contributed by atoms with Crippen LogP contribution in [0.25, 0.3) is 22.4 Å². The maximum absolute atomic E-state index is 12.9. The summed E-state index contributed by atoms with van der Waals surface area (Å²) in [6.45, 7) is 2.14. The van der Waals surface area contributed by atoms with Crippen LogP contribution in [0.4, 0.5) is 5.13 Å². The van der Waals surface area contributed by atoms with Crippen LogP contribution in [0.5, 0.6) is 11.5 Å². The Morgan fingerprint density at radius 2 is 1.55 bits per heavy atom. The van der Waals surface area contributed by atoms with Crippen LogP contribution in [0, 0.1) is 0 Å². The summed E-state index contributed by atoms with van der Waals surface area (Å²) < 4.78 is 10.6. The van der Waals surface area contributed by atoms with Crippen molar-refractivity contribution in [2.24, 2.45) is 0 Å². The summed E-state index contributed by atoms with van der Waals surface area (Å²) in [6.07, 6.45) is 1.90. The SMILES string of the molecule is CCCc1sc(NC(=O)c2ccc(OC)c(OC)c2)nc1-c1ccc(-c2ccccc2)cc1. The second kappa shape index (κ2) is 10.3. The van der Waals surface area contributed by atoms with E-state index >= 15 is 0 Å². The predicted octanol–water partition coefficient (Wildman–Crippen LogP) is 6.70. The fourth-order valence-electron chi connectivity index (χ4n) is 3.63. The number of anilines is 1. The van der Waals surface area contributed by atoms with Crippen LogP contribution in [0.15, 0.2) is 72.8 Å². The van der Waals surface area contributed by atoms with E-state index in [9.17, 15) is 4.79 Å². The van der Waals surface area contributed by atoms with Gasteiger partial charge < -0.3 is 9.47 Å². The Labute approximate surface area is 198 Å². The summed E-state index contributed by atoms with van der Waals surface area (Å²) in [6, 6.07) is 23.8. The number of carbonyl (C=O) groups is 1. The van der Waals surface area contributed by atoms with Crippen LogP contribution >= 0.6 is 11.3 Å². The van der Waals surface area contributed by atoms with Gasteiger partial charge in [-0.3, -0.25) is 10.1 Å². The number of nitrogens with one attached hydrogen (secondary N) is 1. The molecule has 33 heavy (non-hydrogen) atoms. The first-order chi connectivity index (χ1) is 16.1.